The molecule has 364 valence electrons. The molecule has 8 rings (SSSR count). The Morgan fingerprint density at radius 2 is 0.986 bits per heavy atom. The molecule has 0 heterocycles. The van der Waals surface area contributed by atoms with Gasteiger partial charge in [-0.05, 0) is 108 Å². The third-order valence-corrected chi connectivity index (χ3v) is 13.4. The monoisotopic (exact) mass is 1030 g/mol. The number of benzene rings is 8. The first-order valence-electron chi connectivity index (χ1n) is 20.4. The molecule has 23 nitrogen and oxygen atoms in total. The number of anilines is 2. The fourth-order valence-corrected chi connectivity index (χ4v) is 9.14. The second kappa shape index (κ2) is 19.1. The van der Waals surface area contributed by atoms with E-state index in [2.05, 4.69) is 40.9 Å². The highest BCUT2D eigenvalue weighted by atomic mass is 32.2. The number of nitrogen functional groups attached to an aromatic ring is 2. The quantitative estimate of drug-likeness (QED) is 0.0302. The van der Waals surface area contributed by atoms with Crippen molar-refractivity contribution >= 4 is 115 Å². The molecule has 0 aliphatic heterocycles. The SMILES string of the molecule is Cc1cc(/N=N/c2cc3c(O)c(/N=N/c4ccc(S(=O)(=O)O)c5ccccc45)c(S(=O)(=O)O)cc3cc2S(=O)(=O)O)c(N)c(/N=N/c2ccc(-c3ccc(/N=N/c4ccc(O)c(C(=O)O)c4)cc3)cc2)c1N. The Morgan fingerprint density at radius 1 is 0.472 bits per heavy atom. The Balaban J connectivity index is 1.09. The van der Waals surface area contributed by atoms with E-state index in [1.54, 1.807) is 55.5 Å². The average Bonchev–Trinajstić information content (AvgIpc) is 3.33. The van der Waals surface area contributed by atoms with E-state index in [4.69, 9.17) is 11.5 Å². The number of carbonyl (C=O) groups is 1. The molecular formula is C46H34N10O13S3. The molecule has 0 fully saturated rings. The number of hydrogen-bond donors (Lipinski definition) is 8. The normalized spacial score (nSPS) is 12.6. The van der Waals surface area contributed by atoms with Crippen LogP contribution in [-0.4, -0.2) is 60.2 Å². The average molecular weight is 1030 g/mol. The van der Waals surface area contributed by atoms with Crippen LogP contribution in [0, 0.1) is 6.92 Å². The number of fused-ring (bicyclic) bond motifs is 2. The van der Waals surface area contributed by atoms with Crippen LogP contribution >= 0.6 is 0 Å². The lowest BCUT2D eigenvalue weighted by Gasteiger charge is -2.12. The molecule has 0 saturated heterocycles. The van der Waals surface area contributed by atoms with E-state index in [1.165, 1.54) is 48.5 Å². The van der Waals surface area contributed by atoms with Crippen molar-refractivity contribution in [3.05, 3.63) is 139 Å². The second-order valence-electron chi connectivity index (χ2n) is 15.5. The zero-order valence-electron chi connectivity index (χ0n) is 36.6. The maximum absolute atomic E-state index is 12.7. The van der Waals surface area contributed by atoms with Crippen molar-refractivity contribution in [2.24, 2.45) is 40.9 Å². The molecule has 72 heavy (non-hydrogen) atoms. The highest BCUT2D eigenvalue weighted by Gasteiger charge is 2.26. The third kappa shape index (κ3) is 10.3. The summed E-state index contributed by atoms with van der Waals surface area (Å²) in [6, 6.07) is 29.6. The molecule has 0 radical (unpaired) electrons. The first-order valence-corrected chi connectivity index (χ1v) is 24.7. The van der Waals surface area contributed by atoms with Crippen LogP contribution in [-0.2, 0) is 30.4 Å². The lowest BCUT2D eigenvalue weighted by Crippen LogP contribution is -2.01. The van der Waals surface area contributed by atoms with Crippen LogP contribution in [0.25, 0.3) is 32.7 Å². The van der Waals surface area contributed by atoms with Crippen molar-refractivity contribution in [2.75, 3.05) is 11.5 Å². The number of nitrogens with two attached hydrogens (primary N) is 2. The summed E-state index contributed by atoms with van der Waals surface area (Å²) in [5.41, 5.74) is 14.0. The van der Waals surface area contributed by atoms with Gasteiger partial charge in [0.2, 0.25) is 0 Å². The minimum atomic E-state index is -5.23. The number of phenols is 2. The number of hydrogen-bond acceptors (Lipinski definition) is 19. The van der Waals surface area contributed by atoms with Gasteiger partial charge in [-0.2, -0.15) is 40.6 Å². The summed E-state index contributed by atoms with van der Waals surface area (Å²) >= 11 is 0. The molecular weight excluding hydrogens is 997 g/mol. The molecule has 0 unspecified atom stereocenters. The number of nitrogens with zero attached hydrogens (tertiary/aromatic N) is 8. The van der Waals surface area contributed by atoms with Crippen LogP contribution in [0.4, 0.5) is 56.9 Å². The van der Waals surface area contributed by atoms with Gasteiger partial charge in [0.05, 0.1) is 34.1 Å². The van der Waals surface area contributed by atoms with Crippen LogP contribution < -0.4 is 11.5 Å². The van der Waals surface area contributed by atoms with Crippen molar-refractivity contribution in [1.29, 1.82) is 0 Å². The highest BCUT2D eigenvalue weighted by molar-refractivity contribution is 7.86. The Bertz CT molecular complexity index is 4040. The first-order chi connectivity index (χ1) is 34.0. The topological polar surface area (TPSA) is 392 Å². The molecule has 10 N–H and O–H groups in total. The van der Waals surface area contributed by atoms with Gasteiger partial charge in [-0.3, -0.25) is 13.7 Å². The summed E-state index contributed by atoms with van der Waals surface area (Å²) in [5, 5.41) is 62.7. The summed E-state index contributed by atoms with van der Waals surface area (Å²) in [6.45, 7) is 1.60. The molecule has 0 bridgehead atoms. The van der Waals surface area contributed by atoms with Crippen molar-refractivity contribution in [1.82, 2.24) is 0 Å². The molecule has 0 atom stereocenters. The fourth-order valence-electron chi connectivity index (χ4n) is 7.15. The van der Waals surface area contributed by atoms with Gasteiger partial charge in [0, 0.05) is 16.2 Å². The molecule has 0 spiro atoms. The number of carboxylic acid groups (broad SMARTS) is 1. The van der Waals surface area contributed by atoms with Crippen molar-refractivity contribution in [3.63, 3.8) is 0 Å². The zero-order chi connectivity index (χ0) is 51.9. The molecule has 0 aliphatic carbocycles. The van der Waals surface area contributed by atoms with E-state index < -0.39 is 73.9 Å². The smallest absolute Gasteiger partial charge is 0.339 e. The number of aromatic carboxylic acids is 1. The number of aromatic hydroxyl groups is 2. The number of phenolic OH excluding ortho intramolecular Hbond substituents is 1. The van der Waals surface area contributed by atoms with E-state index >= 15 is 0 Å². The van der Waals surface area contributed by atoms with Gasteiger partial charge in [0.1, 0.15) is 48.7 Å². The van der Waals surface area contributed by atoms with Gasteiger partial charge >= 0.3 is 5.97 Å². The van der Waals surface area contributed by atoms with Crippen molar-refractivity contribution in [2.45, 2.75) is 21.6 Å². The van der Waals surface area contributed by atoms with Crippen LogP contribution in [0.5, 0.6) is 11.5 Å². The van der Waals surface area contributed by atoms with Crippen LogP contribution in [0.2, 0.25) is 0 Å². The third-order valence-electron chi connectivity index (χ3n) is 10.7. The van der Waals surface area contributed by atoms with Gasteiger partial charge in [-0.1, -0.05) is 48.5 Å². The Labute approximate surface area is 407 Å². The molecule has 0 amide bonds. The summed E-state index contributed by atoms with van der Waals surface area (Å²) < 4.78 is 105. The van der Waals surface area contributed by atoms with E-state index in [0.717, 1.165) is 41.5 Å². The molecule has 0 saturated carbocycles. The van der Waals surface area contributed by atoms with Gasteiger partial charge in [0.15, 0.2) is 5.75 Å². The fraction of sp³-hybridized carbons (Fsp3) is 0.0217. The van der Waals surface area contributed by atoms with E-state index in [9.17, 15) is 59.0 Å². The molecule has 0 aromatic heterocycles. The maximum atomic E-state index is 12.7. The number of aryl methyl sites for hydroxylation is 1. The van der Waals surface area contributed by atoms with Gasteiger partial charge in [0.25, 0.3) is 30.4 Å². The standard InChI is InChI=1S/C46H34N10O13S3/c1-23-18-36(42(48)44(41(23)47)56-50-28-12-8-25(9-13-28)24-6-10-27(11-7-24)49-51-29-14-16-37(57)33(21-29)46(59)60)54-53-35-22-32-26(19-39(35)71(64,65)66)20-40(72(67,68)69)43(45(32)58)55-52-34-15-17-38(70(61,62)63)31-5-3-2-4-30(31)34/h2-22,57-58H,47-48H2,1H3,(H,59,60)(H,61,62,63)(H,64,65,66)(H,67,68,69)/b51-49+,54-53+,55-52+,56-50+. The first kappa shape index (κ1) is 49.5. The molecule has 8 aromatic rings. The molecule has 8 aromatic carbocycles. The van der Waals surface area contributed by atoms with E-state index in [0.29, 0.717) is 16.9 Å². The van der Waals surface area contributed by atoms with Crippen LogP contribution in [0.3, 0.4) is 0 Å². The van der Waals surface area contributed by atoms with Gasteiger partial charge in [-0.15, -0.1) is 25.6 Å². The molecule has 0 aliphatic rings. The maximum Gasteiger partial charge on any atom is 0.339 e. The Morgan fingerprint density at radius 3 is 1.58 bits per heavy atom. The second-order valence-corrected chi connectivity index (χ2v) is 19.6. The predicted octanol–water partition coefficient (Wildman–Crippen LogP) is 11.6. The summed E-state index contributed by atoms with van der Waals surface area (Å²) in [6.07, 6.45) is 0. The lowest BCUT2D eigenvalue weighted by atomic mass is 10.1. The molecule has 26 heteroatoms. The summed E-state index contributed by atoms with van der Waals surface area (Å²) in [4.78, 5) is 8.92. The predicted molar refractivity (Wildman–Crippen MR) is 263 cm³/mol. The van der Waals surface area contributed by atoms with Crippen molar-refractivity contribution in [3.8, 4) is 22.6 Å². The minimum Gasteiger partial charge on any atom is -0.507 e. The zero-order valence-corrected chi connectivity index (χ0v) is 39.1. The minimum absolute atomic E-state index is 0.0245. The van der Waals surface area contributed by atoms with Crippen LogP contribution in [0.1, 0.15) is 15.9 Å². The van der Waals surface area contributed by atoms with E-state index in [-0.39, 0.29) is 61.2 Å². The van der Waals surface area contributed by atoms with Crippen molar-refractivity contribution < 1.29 is 59.0 Å². The number of rotatable bonds is 13. The van der Waals surface area contributed by atoms with E-state index in [1.807, 2.05) is 0 Å². The number of carboxylic acids is 1. The Kier molecular flexibility index (Phi) is 13.1. The number of azo groups is 4. The highest BCUT2D eigenvalue weighted by Crippen LogP contribution is 2.46. The van der Waals surface area contributed by atoms with Gasteiger partial charge in [-0.25, -0.2) is 4.79 Å². The Hall–Kier alpha value is -8.92. The summed E-state index contributed by atoms with van der Waals surface area (Å²) in [5.74, 6) is -2.66. The summed E-state index contributed by atoms with van der Waals surface area (Å²) in [7, 11) is -15.1. The largest absolute Gasteiger partial charge is 0.507 e. The lowest BCUT2D eigenvalue weighted by molar-refractivity contribution is 0.0693. The van der Waals surface area contributed by atoms with Gasteiger partial charge < -0.3 is 26.8 Å². The van der Waals surface area contributed by atoms with Crippen LogP contribution in [0.15, 0.2) is 183 Å².